The second kappa shape index (κ2) is 8.43. The predicted octanol–water partition coefficient (Wildman–Crippen LogP) is 3.33. The topological polar surface area (TPSA) is 60.4 Å². The minimum Gasteiger partial charge on any atom is -0.466 e. The van der Waals surface area contributed by atoms with Crippen molar-refractivity contribution in [2.45, 2.75) is 57.1 Å². The molecule has 0 saturated heterocycles. The van der Waals surface area contributed by atoms with E-state index in [1.807, 2.05) is 0 Å². The summed E-state index contributed by atoms with van der Waals surface area (Å²) in [4.78, 5) is 12.3. The van der Waals surface area contributed by atoms with Crippen LogP contribution in [-0.4, -0.2) is 44.3 Å². The second-order valence-electron chi connectivity index (χ2n) is 6.70. The van der Waals surface area contributed by atoms with Crippen LogP contribution in [0.25, 0.3) is 0 Å². The van der Waals surface area contributed by atoms with Gasteiger partial charge < -0.3 is 4.74 Å². The Hall–Kier alpha value is -1.24. The summed E-state index contributed by atoms with van der Waals surface area (Å²) in [5.41, 5.74) is 0.679. The number of carbonyl (C=O) groups excluding carboxylic acids is 1. The average molecular weight is 376 g/mol. The Balaban J connectivity index is 2.12. The molecule has 0 N–H and O–H groups in total. The molecule has 1 fully saturated rings. The Labute approximate surface area is 148 Å². The molecule has 142 valence electrons. The third-order valence-electron chi connectivity index (χ3n) is 5.00. The molecule has 0 amide bonds. The number of sulfone groups is 1. The van der Waals surface area contributed by atoms with E-state index < -0.39 is 39.3 Å². The lowest BCUT2D eigenvalue weighted by Crippen LogP contribution is -2.26. The first-order valence-electron chi connectivity index (χ1n) is 8.83. The van der Waals surface area contributed by atoms with Crippen LogP contribution in [0.3, 0.4) is 0 Å². The first-order valence-corrected chi connectivity index (χ1v) is 10.5. The minimum absolute atomic E-state index is 0.0599. The predicted molar refractivity (Wildman–Crippen MR) is 92.3 cm³/mol. The van der Waals surface area contributed by atoms with E-state index in [1.54, 1.807) is 32.1 Å². The first kappa shape index (κ1) is 20.1. The molecule has 0 aromatic heterocycles. The lowest BCUT2D eigenvalue weighted by molar-refractivity contribution is -0.147. The summed E-state index contributed by atoms with van der Waals surface area (Å²) in [6, 6.07) is 0. The third-order valence-corrected chi connectivity index (χ3v) is 7.08. The van der Waals surface area contributed by atoms with Gasteiger partial charge in [-0.3, -0.25) is 4.79 Å². The zero-order chi connectivity index (χ0) is 18.6. The fourth-order valence-electron chi connectivity index (χ4n) is 3.52. The van der Waals surface area contributed by atoms with Crippen LogP contribution >= 0.6 is 0 Å². The number of ether oxygens (including phenoxy) is 1. The van der Waals surface area contributed by atoms with Gasteiger partial charge in [-0.2, -0.15) is 0 Å². The molecule has 1 saturated carbocycles. The van der Waals surface area contributed by atoms with Gasteiger partial charge >= 0.3 is 5.97 Å². The Morgan fingerprint density at radius 1 is 1.28 bits per heavy atom. The van der Waals surface area contributed by atoms with E-state index in [4.69, 9.17) is 4.74 Å². The maximum absolute atomic E-state index is 13.4. The number of carbonyl (C=O) groups is 1. The van der Waals surface area contributed by atoms with Crippen LogP contribution in [0.4, 0.5) is 8.78 Å². The molecule has 3 unspecified atom stereocenters. The highest BCUT2D eigenvalue weighted by molar-refractivity contribution is 7.92. The molecular weight excluding hydrogens is 350 g/mol. The molecule has 5 atom stereocenters. The van der Waals surface area contributed by atoms with Crippen molar-refractivity contribution in [2.75, 3.05) is 12.4 Å². The van der Waals surface area contributed by atoms with Crippen LogP contribution in [0.1, 0.15) is 39.5 Å². The largest absolute Gasteiger partial charge is 0.466 e. The Morgan fingerprint density at radius 3 is 2.40 bits per heavy atom. The van der Waals surface area contributed by atoms with Crippen LogP contribution in [0, 0.1) is 11.8 Å². The summed E-state index contributed by atoms with van der Waals surface area (Å²) in [5, 5.41) is -0.582. The molecule has 0 aromatic rings. The van der Waals surface area contributed by atoms with Crippen molar-refractivity contribution in [1.82, 2.24) is 0 Å². The van der Waals surface area contributed by atoms with Crippen molar-refractivity contribution in [3.63, 3.8) is 0 Å². The number of halogens is 2. The third kappa shape index (κ3) is 4.90. The zero-order valence-corrected chi connectivity index (χ0v) is 15.5. The fraction of sp³-hybridized carbons (Fsp3) is 0.722. The maximum atomic E-state index is 13.4. The number of hydrogen-bond acceptors (Lipinski definition) is 4. The van der Waals surface area contributed by atoms with E-state index >= 15 is 0 Å². The summed E-state index contributed by atoms with van der Waals surface area (Å²) in [6.07, 6.45) is 2.91. The summed E-state index contributed by atoms with van der Waals surface area (Å²) in [5.74, 6) is -1.19. The lowest BCUT2D eigenvalue weighted by atomic mass is 9.85. The molecule has 2 rings (SSSR count). The molecule has 0 aromatic carbocycles. The van der Waals surface area contributed by atoms with Crippen LogP contribution in [0.2, 0.25) is 0 Å². The van der Waals surface area contributed by atoms with Gasteiger partial charge in [-0.15, -0.1) is 0 Å². The Morgan fingerprint density at radius 2 is 1.92 bits per heavy atom. The van der Waals surface area contributed by atoms with E-state index in [0.29, 0.717) is 18.4 Å². The van der Waals surface area contributed by atoms with E-state index in [1.165, 1.54) is 0 Å². The number of esters is 1. The monoisotopic (exact) mass is 376 g/mol. The van der Waals surface area contributed by atoms with Gasteiger partial charge in [-0.05, 0) is 44.1 Å². The van der Waals surface area contributed by atoms with Gasteiger partial charge in [-0.25, -0.2) is 17.2 Å². The summed E-state index contributed by atoms with van der Waals surface area (Å²) >= 11 is 0. The molecule has 0 heterocycles. The SMILES string of the molecule is CCOC(=O)C(CC1C[C@@H](F)[C@@H](F)C1)C1=CCC(S(=O)(=O)CC)C=C1. The van der Waals surface area contributed by atoms with Crippen molar-refractivity contribution < 1.29 is 26.7 Å². The van der Waals surface area contributed by atoms with E-state index in [-0.39, 0.29) is 31.1 Å². The molecule has 2 aliphatic carbocycles. The van der Waals surface area contributed by atoms with Gasteiger partial charge in [0.05, 0.1) is 17.8 Å². The second-order valence-corrected chi connectivity index (χ2v) is 9.21. The van der Waals surface area contributed by atoms with Gasteiger partial charge in [0, 0.05) is 5.75 Å². The maximum Gasteiger partial charge on any atom is 0.313 e. The molecular formula is C18H26F2O4S. The molecule has 7 heteroatoms. The lowest BCUT2D eigenvalue weighted by Gasteiger charge is -2.23. The summed E-state index contributed by atoms with van der Waals surface area (Å²) < 4.78 is 55.9. The van der Waals surface area contributed by atoms with Gasteiger partial charge in [-0.1, -0.05) is 25.2 Å². The molecule has 0 bridgehead atoms. The molecule has 2 aliphatic rings. The van der Waals surface area contributed by atoms with E-state index in [2.05, 4.69) is 0 Å². The van der Waals surface area contributed by atoms with Crippen LogP contribution in [-0.2, 0) is 19.4 Å². The fourth-order valence-corrected chi connectivity index (χ4v) is 4.66. The molecule has 0 radical (unpaired) electrons. The van der Waals surface area contributed by atoms with Crippen LogP contribution in [0.15, 0.2) is 23.8 Å². The highest BCUT2D eigenvalue weighted by Crippen LogP contribution is 2.37. The van der Waals surface area contributed by atoms with Gasteiger partial charge in [0.2, 0.25) is 0 Å². The van der Waals surface area contributed by atoms with E-state index in [9.17, 15) is 22.0 Å². The quantitative estimate of drug-likeness (QED) is 0.640. The number of hydrogen-bond donors (Lipinski definition) is 0. The highest BCUT2D eigenvalue weighted by Gasteiger charge is 2.38. The molecule has 25 heavy (non-hydrogen) atoms. The minimum atomic E-state index is -3.18. The highest BCUT2D eigenvalue weighted by atomic mass is 32.2. The van der Waals surface area contributed by atoms with Crippen LogP contribution in [0.5, 0.6) is 0 Å². The van der Waals surface area contributed by atoms with Crippen molar-refractivity contribution in [1.29, 1.82) is 0 Å². The standard InChI is InChI=1S/C18H26F2O4S/c1-3-24-18(21)15(9-12-10-16(19)17(20)11-12)13-5-7-14(8-6-13)25(22,23)4-2/h5-7,12,14-17H,3-4,8-11H2,1-2H3/t12?,14?,15?,16-,17+. The van der Waals surface area contributed by atoms with Crippen LogP contribution < -0.4 is 0 Å². The van der Waals surface area contributed by atoms with Gasteiger partial charge in [0.15, 0.2) is 9.84 Å². The molecule has 4 nitrogen and oxygen atoms in total. The van der Waals surface area contributed by atoms with Crippen molar-refractivity contribution in [3.05, 3.63) is 23.8 Å². The number of allylic oxidation sites excluding steroid dienone is 2. The number of alkyl halides is 2. The summed E-state index contributed by atoms with van der Waals surface area (Å²) in [6.45, 7) is 3.53. The van der Waals surface area contributed by atoms with E-state index in [0.717, 1.165) is 0 Å². The van der Waals surface area contributed by atoms with Crippen molar-refractivity contribution in [2.24, 2.45) is 11.8 Å². The normalized spacial score (nSPS) is 30.8. The summed E-state index contributed by atoms with van der Waals surface area (Å²) in [7, 11) is -3.18. The van der Waals surface area contributed by atoms with Crippen molar-refractivity contribution >= 4 is 15.8 Å². The van der Waals surface area contributed by atoms with Gasteiger partial charge in [0.1, 0.15) is 12.3 Å². The Bertz CT molecular complexity index is 631. The zero-order valence-electron chi connectivity index (χ0n) is 14.7. The first-order chi connectivity index (χ1) is 11.8. The number of rotatable bonds is 7. The average Bonchev–Trinajstić information content (AvgIpc) is 2.91. The van der Waals surface area contributed by atoms with Gasteiger partial charge in [0.25, 0.3) is 0 Å². The van der Waals surface area contributed by atoms with Crippen molar-refractivity contribution in [3.8, 4) is 0 Å². The molecule has 0 spiro atoms. The smallest absolute Gasteiger partial charge is 0.313 e. The Kier molecular flexibility index (Phi) is 6.77. The molecule has 0 aliphatic heterocycles.